The van der Waals surface area contributed by atoms with E-state index in [1.165, 1.54) is 19.2 Å². The van der Waals surface area contributed by atoms with Crippen LogP contribution in [-0.4, -0.2) is 19.0 Å². The number of ether oxygens (including phenoxy) is 1. The van der Waals surface area contributed by atoms with E-state index in [2.05, 4.69) is 10.1 Å². The van der Waals surface area contributed by atoms with Crippen molar-refractivity contribution in [3.8, 4) is 0 Å². The molecule has 0 atom stereocenters. The summed E-state index contributed by atoms with van der Waals surface area (Å²) in [4.78, 5) is 25.0. The number of benzene rings is 1. The predicted octanol–water partition coefficient (Wildman–Crippen LogP) is 3.87. The first-order valence-corrected chi connectivity index (χ1v) is 8.62. The lowest BCUT2D eigenvalue weighted by atomic mass is 9.88. The van der Waals surface area contributed by atoms with E-state index in [9.17, 15) is 14.0 Å². The fraction of sp³-hybridized carbons (Fsp3) is 0.333. The molecule has 3 rings (SSSR count). The van der Waals surface area contributed by atoms with Gasteiger partial charge in [-0.2, -0.15) is 0 Å². The van der Waals surface area contributed by atoms with Gasteiger partial charge in [0.05, 0.1) is 17.5 Å². The van der Waals surface area contributed by atoms with Crippen LogP contribution in [0.5, 0.6) is 0 Å². The Labute approximate surface area is 143 Å². The van der Waals surface area contributed by atoms with Crippen molar-refractivity contribution in [2.24, 2.45) is 0 Å². The van der Waals surface area contributed by atoms with Gasteiger partial charge in [-0.3, -0.25) is 4.79 Å². The maximum atomic E-state index is 13.2. The topological polar surface area (TPSA) is 55.4 Å². The fourth-order valence-corrected chi connectivity index (χ4v) is 4.00. The van der Waals surface area contributed by atoms with Crippen LogP contribution in [0.2, 0.25) is 0 Å². The molecule has 1 aromatic heterocycles. The molecule has 1 aromatic carbocycles. The highest BCUT2D eigenvalue weighted by atomic mass is 32.1. The van der Waals surface area contributed by atoms with E-state index in [-0.39, 0.29) is 11.7 Å². The van der Waals surface area contributed by atoms with E-state index >= 15 is 0 Å². The van der Waals surface area contributed by atoms with Crippen molar-refractivity contribution < 1.29 is 18.7 Å². The zero-order valence-electron chi connectivity index (χ0n) is 13.3. The zero-order chi connectivity index (χ0) is 17.2. The number of carbonyl (C=O) groups excluding carboxylic acids is 2. The number of thiophene rings is 1. The van der Waals surface area contributed by atoms with Gasteiger partial charge in [0.15, 0.2) is 0 Å². The van der Waals surface area contributed by atoms with Gasteiger partial charge >= 0.3 is 5.97 Å². The number of rotatable bonds is 4. The number of hydrogen-bond donors (Lipinski definition) is 1. The minimum Gasteiger partial charge on any atom is -0.465 e. The van der Waals surface area contributed by atoms with Crippen molar-refractivity contribution >= 4 is 23.2 Å². The lowest BCUT2D eigenvalue weighted by Gasteiger charge is -2.31. The van der Waals surface area contributed by atoms with Gasteiger partial charge in [0.2, 0.25) is 0 Å². The molecule has 6 heteroatoms. The van der Waals surface area contributed by atoms with Gasteiger partial charge < -0.3 is 10.1 Å². The van der Waals surface area contributed by atoms with Crippen LogP contribution in [0.4, 0.5) is 4.39 Å². The normalized spacial score (nSPS) is 15.9. The Hall–Kier alpha value is -2.21. The first-order valence-electron chi connectivity index (χ1n) is 7.81. The largest absolute Gasteiger partial charge is 0.465 e. The minimum absolute atomic E-state index is 0.221. The van der Waals surface area contributed by atoms with Crippen molar-refractivity contribution in [2.45, 2.75) is 31.2 Å². The Morgan fingerprint density at radius 3 is 2.33 bits per heavy atom. The summed E-state index contributed by atoms with van der Waals surface area (Å²) in [5, 5.41) is 3.11. The summed E-state index contributed by atoms with van der Waals surface area (Å²) in [6.07, 6.45) is 3.66. The Kier molecular flexibility index (Phi) is 4.66. The molecule has 1 fully saturated rings. The van der Waals surface area contributed by atoms with Gasteiger partial charge in [-0.25, -0.2) is 9.18 Å². The zero-order valence-corrected chi connectivity index (χ0v) is 14.1. The van der Waals surface area contributed by atoms with E-state index in [0.29, 0.717) is 9.75 Å². The van der Waals surface area contributed by atoms with Crippen LogP contribution < -0.4 is 5.32 Å². The number of nitrogens with one attached hydrogen (secondary N) is 1. The Morgan fingerprint density at radius 2 is 1.71 bits per heavy atom. The van der Waals surface area contributed by atoms with Crippen LogP contribution in [0.25, 0.3) is 0 Å². The monoisotopic (exact) mass is 347 g/mol. The number of amides is 1. The number of hydrogen-bond acceptors (Lipinski definition) is 4. The number of methoxy groups -OCH3 is 1. The van der Waals surface area contributed by atoms with Gasteiger partial charge in [-0.1, -0.05) is 25.0 Å². The molecule has 1 saturated carbocycles. The molecule has 1 heterocycles. The molecular formula is C18H18FNO3S. The second kappa shape index (κ2) is 6.73. The minimum atomic E-state index is -0.472. The number of carbonyl (C=O) groups is 2. The van der Waals surface area contributed by atoms with E-state index in [4.69, 9.17) is 0 Å². The Morgan fingerprint density at radius 1 is 1.08 bits per heavy atom. The quantitative estimate of drug-likeness (QED) is 0.854. The van der Waals surface area contributed by atoms with Crippen molar-refractivity contribution in [1.82, 2.24) is 5.32 Å². The lowest BCUT2D eigenvalue weighted by Crippen LogP contribution is -2.43. The smallest absolute Gasteiger partial charge is 0.348 e. The van der Waals surface area contributed by atoms with Crippen LogP contribution in [0.3, 0.4) is 0 Å². The molecule has 1 aliphatic rings. The summed E-state index contributed by atoms with van der Waals surface area (Å²) in [7, 11) is 1.31. The third kappa shape index (κ3) is 3.19. The van der Waals surface area contributed by atoms with Crippen molar-refractivity contribution in [1.29, 1.82) is 0 Å². The molecule has 0 unspecified atom stereocenters. The molecule has 0 aliphatic heterocycles. The summed E-state index contributed by atoms with van der Waals surface area (Å²) in [6.45, 7) is 0. The number of esters is 1. The molecule has 1 aliphatic carbocycles. The van der Waals surface area contributed by atoms with Crippen molar-refractivity contribution in [3.63, 3.8) is 0 Å². The molecule has 0 bridgehead atoms. The number of halogens is 1. The SMILES string of the molecule is COC(=O)c1ccc(C(=O)NC2(c3ccc(F)cc3)CCCC2)s1. The summed E-state index contributed by atoms with van der Waals surface area (Å²) < 4.78 is 17.9. The third-order valence-electron chi connectivity index (χ3n) is 4.42. The van der Waals surface area contributed by atoms with E-state index in [1.807, 2.05) is 0 Å². The molecular weight excluding hydrogens is 329 g/mol. The second-order valence-corrected chi connectivity index (χ2v) is 6.99. The van der Waals surface area contributed by atoms with Crippen molar-refractivity contribution in [3.05, 3.63) is 57.5 Å². The Bertz CT molecular complexity index is 748. The van der Waals surface area contributed by atoms with Gasteiger partial charge in [0.25, 0.3) is 5.91 Å². The summed E-state index contributed by atoms with van der Waals surface area (Å²) in [5.41, 5.74) is 0.444. The summed E-state index contributed by atoms with van der Waals surface area (Å²) in [5.74, 6) is -0.964. The highest BCUT2D eigenvalue weighted by molar-refractivity contribution is 7.15. The highest BCUT2D eigenvalue weighted by Gasteiger charge is 2.37. The molecule has 0 saturated heterocycles. The van der Waals surface area contributed by atoms with E-state index in [1.54, 1.807) is 24.3 Å². The standard InChI is InChI=1S/C18H18FNO3S/c1-23-17(22)15-9-8-14(24-15)16(21)20-18(10-2-3-11-18)12-4-6-13(19)7-5-12/h4-9H,2-3,10-11H2,1H3,(H,20,21). The highest BCUT2D eigenvalue weighted by Crippen LogP contribution is 2.39. The van der Waals surface area contributed by atoms with Crippen LogP contribution in [0.1, 0.15) is 50.6 Å². The average molecular weight is 347 g/mol. The summed E-state index contributed by atoms with van der Waals surface area (Å²) in [6, 6.07) is 9.51. The fourth-order valence-electron chi connectivity index (χ4n) is 3.18. The van der Waals surface area contributed by atoms with Gasteiger partial charge in [0.1, 0.15) is 10.7 Å². The maximum absolute atomic E-state index is 13.2. The first-order chi connectivity index (χ1) is 11.5. The van der Waals surface area contributed by atoms with Crippen molar-refractivity contribution in [2.75, 3.05) is 7.11 Å². The van der Waals surface area contributed by atoms with E-state index < -0.39 is 11.5 Å². The molecule has 0 radical (unpaired) electrons. The van der Waals surface area contributed by atoms with Gasteiger partial charge in [-0.15, -0.1) is 11.3 Å². The van der Waals surface area contributed by atoms with Gasteiger partial charge in [-0.05, 0) is 42.7 Å². The molecule has 1 amide bonds. The first kappa shape index (κ1) is 16.6. The maximum Gasteiger partial charge on any atom is 0.348 e. The van der Waals surface area contributed by atoms with Crippen LogP contribution in [0, 0.1) is 5.82 Å². The second-order valence-electron chi connectivity index (χ2n) is 5.91. The molecule has 126 valence electrons. The van der Waals surface area contributed by atoms with Crippen LogP contribution in [0.15, 0.2) is 36.4 Å². The molecule has 24 heavy (non-hydrogen) atoms. The summed E-state index contributed by atoms with van der Waals surface area (Å²) >= 11 is 1.11. The van der Waals surface area contributed by atoms with Crippen LogP contribution >= 0.6 is 11.3 Å². The molecule has 4 nitrogen and oxygen atoms in total. The molecule has 0 spiro atoms. The molecule has 2 aromatic rings. The predicted molar refractivity (Wildman–Crippen MR) is 89.7 cm³/mol. The Balaban J connectivity index is 1.83. The van der Waals surface area contributed by atoms with E-state index in [0.717, 1.165) is 42.6 Å². The molecule has 1 N–H and O–H groups in total. The van der Waals surface area contributed by atoms with Gasteiger partial charge in [0, 0.05) is 0 Å². The lowest BCUT2D eigenvalue weighted by molar-refractivity contribution is 0.0606. The van der Waals surface area contributed by atoms with Crippen LogP contribution in [-0.2, 0) is 10.3 Å². The third-order valence-corrected chi connectivity index (χ3v) is 5.49. The average Bonchev–Trinajstić information content (AvgIpc) is 3.25.